The molecule has 8 heteroatoms. The SMILES string of the molecule is COc1cc(C)nc(NC(=O)c2ccnc(N)c2F)n1. The van der Waals surface area contributed by atoms with Crippen LogP contribution in [0.25, 0.3) is 0 Å². The van der Waals surface area contributed by atoms with Crippen molar-refractivity contribution < 1.29 is 13.9 Å². The molecular formula is C12H12FN5O2. The Kier molecular flexibility index (Phi) is 3.74. The van der Waals surface area contributed by atoms with E-state index >= 15 is 0 Å². The molecule has 0 aliphatic carbocycles. The zero-order valence-electron chi connectivity index (χ0n) is 10.8. The lowest BCUT2D eigenvalue weighted by Crippen LogP contribution is -2.17. The predicted octanol–water partition coefficient (Wildman–Crippen LogP) is 1.16. The van der Waals surface area contributed by atoms with Gasteiger partial charge in [0.15, 0.2) is 11.6 Å². The molecule has 1 amide bonds. The summed E-state index contributed by atoms with van der Waals surface area (Å²) in [5, 5.41) is 2.38. The van der Waals surface area contributed by atoms with E-state index in [0.717, 1.165) is 0 Å². The second kappa shape index (κ2) is 5.47. The third kappa shape index (κ3) is 2.79. The standard InChI is InChI=1S/C12H12FN5O2/c1-6-5-8(20-2)17-12(16-6)18-11(19)7-3-4-15-10(14)9(7)13/h3-5H,1-2H3,(H2,14,15)(H,16,17,18,19). The molecule has 20 heavy (non-hydrogen) atoms. The number of nitrogens with two attached hydrogens (primary N) is 1. The predicted molar refractivity (Wildman–Crippen MR) is 69.9 cm³/mol. The third-order valence-electron chi connectivity index (χ3n) is 2.43. The highest BCUT2D eigenvalue weighted by Gasteiger charge is 2.16. The molecular weight excluding hydrogens is 265 g/mol. The van der Waals surface area contributed by atoms with Crippen LogP contribution in [-0.4, -0.2) is 28.0 Å². The average molecular weight is 277 g/mol. The van der Waals surface area contributed by atoms with Gasteiger partial charge in [-0.05, 0) is 13.0 Å². The van der Waals surface area contributed by atoms with E-state index in [1.54, 1.807) is 13.0 Å². The van der Waals surface area contributed by atoms with Crippen molar-refractivity contribution in [2.24, 2.45) is 0 Å². The van der Waals surface area contributed by atoms with Crippen molar-refractivity contribution in [2.75, 3.05) is 18.2 Å². The summed E-state index contributed by atoms with van der Waals surface area (Å²) in [5.74, 6) is -1.64. The molecule has 7 nitrogen and oxygen atoms in total. The number of nitrogens with one attached hydrogen (secondary N) is 1. The lowest BCUT2D eigenvalue weighted by Gasteiger charge is -2.07. The molecule has 104 valence electrons. The largest absolute Gasteiger partial charge is 0.481 e. The van der Waals surface area contributed by atoms with Crippen molar-refractivity contribution in [2.45, 2.75) is 6.92 Å². The minimum absolute atomic E-state index is 0.0154. The lowest BCUT2D eigenvalue weighted by atomic mass is 10.2. The Morgan fingerprint density at radius 3 is 2.90 bits per heavy atom. The van der Waals surface area contributed by atoms with Crippen LogP contribution in [0.1, 0.15) is 16.1 Å². The van der Waals surface area contributed by atoms with Crippen LogP contribution in [0.2, 0.25) is 0 Å². The third-order valence-corrected chi connectivity index (χ3v) is 2.43. The minimum atomic E-state index is -0.885. The van der Waals surface area contributed by atoms with Gasteiger partial charge in [-0.25, -0.2) is 14.4 Å². The Labute approximate surface area is 114 Å². The molecule has 0 aliphatic heterocycles. The number of nitrogens with zero attached hydrogens (tertiary/aromatic N) is 3. The van der Waals surface area contributed by atoms with Crippen LogP contribution in [0.15, 0.2) is 18.3 Å². The van der Waals surface area contributed by atoms with E-state index in [1.807, 2.05) is 0 Å². The molecule has 2 aromatic rings. The zero-order valence-corrected chi connectivity index (χ0v) is 10.8. The van der Waals surface area contributed by atoms with Crippen molar-refractivity contribution in [3.63, 3.8) is 0 Å². The van der Waals surface area contributed by atoms with Crippen LogP contribution in [0.3, 0.4) is 0 Å². The van der Waals surface area contributed by atoms with E-state index in [0.29, 0.717) is 11.6 Å². The number of ether oxygens (including phenoxy) is 1. The number of nitrogen functional groups attached to an aromatic ring is 1. The number of anilines is 2. The summed E-state index contributed by atoms with van der Waals surface area (Å²) in [6.07, 6.45) is 1.24. The molecule has 0 unspecified atom stereocenters. The molecule has 0 saturated heterocycles. The molecule has 0 aliphatic rings. The Morgan fingerprint density at radius 1 is 1.45 bits per heavy atom. The number of pyridine rings is 1. The minimum Gasteiger partial charge on any atom is -0.481 e. The maximum absolute atomic E-state index is 13.7. The first-order chi connectivity index (χ1) is 9.51. The van der Waals surface area contributed by atoms with Gasteiger partial charge in [0, 0.05) is 18.0 Å². The average Bonchev–Trinajstić information content (AvgIpc) is 2.41. The second-order valence-electron chi connectivity index (χ2n) is 3.89. The number of amides is 1. The van der Waals surface area contributed by atoms with Gasteiger partial charge < -0.3 is 10.5 Å². The van der Waals surface area contributed by atoms with Crippen LogP contribution in [-0.2, 0) is 0 Å². The number of aryl methyl sites for hydroxylation is 1. The van der Waals surface area contributed by atoms with E-state index in [1.165, 1.54) is 19.4 Å². The van der Waals surface area contributed by atoms with Gasteiger partial charge >= 0.3 is 0 Å². The fourth-order valence-electron chi connectivity index (χ4n) is 1.50. The Morgan fingerprint density at radius 2 is 2.20 bits per heavy atom. The Hall–Kier alpha value is -2.77. The molecule has 0 fully saturated rings. The summed E-state index contributed by atoms with van der Waals surface area (Å²) in [4.78, 5) is 23.4. The van der Waals surface area contributed by atoms with E-state index in [9.17, 15) is 9.18 Å². The number of hydrogen-bond acceptors (Lipinski definition) is 6. The van der Waals surface area contributed by atoms with E-state index in [4.69, 9.17) is 10.5 Å². The molecule has 2 aromatic heterocycles. The van der Waals surface area contributed by atoms with Crippen molar-refractivity contribution in [1.29, 1.82) is 0 Å². The fourth-order valence-corrected chi connectivity index (χ4v) is 1.50. The second-order valence-corrected chi connectivity index (χ2v) is 3.89. The summed E-state index contributed by atoms with van der Waals surface area (Å²) >= 11 is 0. The highest BCUT2D eigenvalue weighted by Crippen LogP contribution is 2.15. The number of rotatable bonds is 3. The van der Waals surface area contributed by atoms with Gasteiger partial charge in [0.25, 0.3) is 5.91 Å². The van der Waals surface area contributed by atoms with Gasteiger partial charge in [-0.1, -0.05) is 0 Å². The number of halogens is 1. The number of hydrogen-bond donors (Lipinski definition) is 2. The van der Waals surface area contributed by atoms with Gasteiger partial charge in [-0.15, -0.1) is 0 Å². The zero-order chi connectivity index (χ0) is 14.7. The number of carbonyl (C=O) groups is 1. The Balaban J connectivity index is 2.28. The van der Waals surface area contributed by atoms with Crippen LogP contribution < -0.4 is 15.8 Å². The summed E-state index contributed by atoms with van der Waals surface area (Å²) in [5.41, 5.74) is 5.67. The molecule has 0 radical (unpaired) electrons. The van der Waals surface area contributed by atoms with Crippen LogP contribution in [0.4, 0.5) is 16.2 Å². The summed E-state index contributed by atoms with van der Waals surface area (Å²) < 4.78 is 18.6. The fraction of sp³-hybridized carbons (Fsp3) is 0.167. The molecule has 0 atom stereocenters. The van der Waals surface area contributed by atoms with E-state index < -0.39 is 11.7 Å². The van der Waals surface area contributed by atoms with Crippen LogP contribution in [0.5, 0.6) is 5.88 Å². The number of aromatic nitrogens is 3. The Bertz CT molecular complexity index is 662. The van der Waals surface area contributed by atoms with Crippen molar-refractivity contribution >= 4 is 17.7 Å². The van der Waals surface area contributed by atoms with Gasteiger partial charge in [0.2, 0.25) is 11.8 Å². The highest BCUT2D eigenvalue weighted by atomic mass is 19.1. The maximum Gasteiger partial charge on any atom is 0.261 e. The molecule has 0 bridgehead atoms. The normalized spacial score (nSPS) is 10.2. The smallest absolute Gasteiger partial charge is 0.261 e. The molecule has 2 heterocycles. The monoisotopic (exact) mass is 277 g/mol. The molecule has 3 N–H and O–H groups in total. The van der Waals surface area contributed by atoms with Crippen molar-refractivity contribution in [3.05, 3.63) is 35.4 Å². The summed E-state index contributed by atoms with van der Waals surface area (Å²) in [6.45, 7) is 1.71. The topological polar surface area (TPSA) is 103 Å². The molecule has 0 saturated carbocycles. The van der Waals surface area contributed by atoms with E-state index in [2.05, 4.69) is 20.3 Å². The quantitative estimate of drug-likeness (QED) is 0.872. The van der Waals surface area contributed by atoms with Crippen LogP contribution in [0, 0.1) is 12.7 Å². The van der Waals surface area contributed by atoms with Crippen molar-refractivity contribution in [3.8, 4) is 5.88 Å². The maximum atomic E-state index is 13.7. The van der Waals surface area contributed by atoms with Gasteiger partial charge in [0.05, 0.1) is 12.7 Å². The molecule has 0 spiro atoms. The summed E-state index contributed by atoms with van der Waals surface area (Å²) in [7, 11) is 1.44. The van der Waals surface area contributed by atoms with Crippen LogP contribution >= 0.6 is 0 Å². The van der Waals surface area contributed by atoms with E-state index in [-0.39, 0.29) is 17.3 Å². The highest BCUT2D eigenvalue weighted by molar-refractivity contribution is 6.03. The first-order valence-corrected chi connectivity index (χ1v) is 5.62. The van der Waals surface area contributed by atoms with Gasteiger partial charge in [0.1, 0.15) is 0 Å². The summed E-state index contributed by atoms with van der Waals surface area (Å²) in [6, 6.07) is 2.81. The van der Waals surface area contributed by atoms with Gasteiger partial charge in [-0.2, -0.15) is 4.98 Å². The first-order valence-electron chi connectivity index (χ1n) is 5.62. The first kappa shape index (κ1) is 13.7. The number of methoxy groups -OCH3 is 1. The molecule has 0 aromatic carbocycles. The molecule has 2 rings (SSSR count). The van der Waals surface area contributed by atoms with Gasteiger partial charge in [-0.3, -0.25) is 10.1 Å². The number of carbonyl (C=O) groups excluding carboxylic acids is 1. The van der Waals surface area contributed by atoms with Crippen molar-refractivity contribution in [1.82, 2.24) is 15.0 Å². The lowest BCUT2D eigenvalue weighted by molar-refractivity contribution is 0.102.